The van der Waals surface area contributed by atoms with Gasteiger partial charge in [0, 0.05) is 28.5 Å². The Hall–Kier alpha value is -2.48. The number of nitrogens with two attached hydrogens (primary N) is 1. The Morgan fingerprint density at radius 1 is 1.35 bits per heavy atom. The lowest BCUT2D eigenvalue weighted by Crippen LogP contribution is -2.15. The molecule has 1 heterocycles. The first-order chi connectivity index (χ1) is 9.47. The van der Waals surface area contributed by atoms with Crippen LogP contribution in [0.15, 0.2) is 41.0 Å². The lowest BCUT2D eigenvalue weighted by atomic mass is 10.1. The molecule has 1 aromatic carbocycles. The van der Waals surface area contributed by atoms with E-state index in [2.05, 4.69) is 26.2 Å². The van der Waals surface area contributed by atoms with E-state index in [1.54, 1.807) is 12.1 Å². The van der Waals surface area contributed by atoms with Gasteiger partial charge in [-0.2, -0.15) is 0 Å². The molecule has 0 fully saturated rings. The van der Waals surface area contributed by atoms with Crippen LogP contribution in [0.4, 0.5) is 17.2 Å². The Kier molecular flexibility index (Phi) is 3.94. The van der Waals surface area contributed by atoms with Gasteiger partial charge in [0.05, 0.1) is 10.5 Å². The second-order valence-corrected chi connectivity index (χ2v) is 4.76. The molecule has 102 valence electrons. The third-order valence-electron chi connectivity index (χ3n) is 2.46. The van der Waals surface area contributed by atoms with Gasteiger partial charge in [-0.3, -0.25) is 14.9 Å². The molecule has 1 aromatic heterocycles. The predicted molar refractivity (Wildman–Crippen MR) is 77.4 cm³/mol. The molecule has 0 bridgehead atoms. The lowest BCUT2D eigenvalue weighted by molar-refractivity contribution is -0.384. The number of pyridine rings is 1. The average Bonchev–Trinajstić information content (AvgIpc) is 2.41. The standard InChI is InChI=1S/C12H9BrN4O3/c13-7-1-4-11(15-6-7)16-12(18)9-5-8(17(19)20)2-3-10(9)14/h1-6H,14H2,(H,15,16,18). The summed E-state index contributed by atoms with van der Waals surface area (Å²) in [5.41, 5.74) is 5.65. The molecule has 20 heavy (non-hydrogen) atoms. The number of nitrogens with one attached hydrogen (secondary N) is 1. The number of carbonyl (C=O) groups excluding carboxylic acids is 1. The van der Waals surface area contributed by atoms with Crippen LogP contribution in [0.3, 0.4) is 0 Å². The first-order valence-corrected chi connectivity index (χ1v) is 6.23. The molecule has 0 saturated carbocycles. The van der Waals surface area contributed by atoms with Gasteiger partial charge in [-0.05, 0) is 34.1 Å². The Labute approximate surface area is 122 Å². The fourth-order valence-corrected chi connectivity index (χ4v) is 1.72. The number of nitrogens with zero attached hydrogens (tertiary/aromatic N) is 2. The number of halogens is 1. The quantitative estimate of drug-likeness (QED) is 0.508. The van der Waals surface area contributed by atoms with E-state index < -0.39 is 10.8 Å². The average molecular weight is 337 g/mol. The summed E-state index contributed by atoms with van der Waals surface area (Å²) in [6, 6.07) is 6.99. The van der Waals surface area contributed by atoms with E-state index in [4.69, 9.17) is 5.73 Å². The van der Waals surface area contributed by atoms with Crippen LogP contribution in [-0.2, 0) is 0 Å². The minimum absolute atomic E-state index is 0.0314. The van der Waals surface area contributed by atoms with Crippen molar-refractivity contribution < 1.29 is 9.72 Å². The zero-order valence-electron chi connectivity index (χ0n) is 10.0. The van der Waals surface area contributed by atoms with Crippen molar-refractivity contribution in [1.82, 2.24) is 4.98 Å². The van der Waals surface area contributed by atoms with Crippen LogP contribution in [0.5, 0.6) is 0 Å². The summed E-state index contributed by atoms with van der Waals surface area (Å²) in [6.45, 7) is 0. The topological polar surface area (TPSA) is 111 Å². The molecule has 7 nitrogen and oxygen atoms in total. The van der Waals surface area contributed by atoms with Crippen molar-refractivity contribution in [2.45, 2.75) is 0 Å². The highest BCUT2D eigenvalue weighted by molar-refractivity contribution is 9.10. The molecule has 0 aliphatic carbocycles. The van der Waals surface area contributed by atoms with E-state index in [0.717, 1.165) is 10.5 Å². The Morgan fingerprint density at radius 2 is 2.10 bits per heavy atom. The molecule has 0 aliphatic heterocycles. The van der Waals surface area contributed by atoms with Gasteiger partial charge in [-0.25, -0.2) is 4.98 Å². The van der Waals surface area contributed by atoms with Gasteiger partial charge < -0.3 is 11.1 Å². The highest BCUT2D eigenvalue weighted by Crippen LogP contribution is 2.21. The number of rotatable bonds is 3. The zero-order chi connectivity index (χ0) is 14.7. The minimum Gasteiger partial charge on any atom is -0.398 e. The number of carbonyl (C=O) groups is 1. The first kappa shape index (κ1) is 13.9. The highest BCUT2D eigenvalue weighted by Gasteiger charge is 2.15. The maximum Gasteiger partial charge on any atom is 0.270 e. The second kappa shape index (κ2) is 5.66. The summed E-state index contributed by atoms with van der Waals surface area (Å²) in [6.07, 6.45) is 1.52. The van der Waals surface area contributed by atoms with Gasteiger partial charge in [0.2, 0.25) is 0 Å². The smallest absolute Gasteiger partial charge is 0.270 e. The van der Waals surface area contributed by atoms with Crippen LogP contribution in [0.2, 0.25) is 0 Å². The number of benzene rings is 1. The van der Waals surface area contributed by atoms with Crippen molar-refractivity contribution in [2.24, 2.45) is 0 Å². The van der Waals surface area contributed by atoms with Gasteiger partial charge in [-0.1, -0.05) is 0 Å². The van der Waals surface area contributed by atoms with Crippen LogP contribution in [0.1, 0.15) is 10.4 Å². The highest BCUT2D eigenvalue weighted by atomic mass is 79.9. The molecular formula is C12H9BrN4O3. The fourth-order valence-electron chi connectivity index (χ4n) is 1.49. The molecule has 3 N–H and O–H groups in total. The number of hydrogen-bond acceptors (Lipinski definition) is 5. The van der Waals surface area contributed by atoms with Crippen molar-refractivity contribution >= 4 is 39.0 Å². The zero-order valence-corrected chi connectivity index (χ0v) is 11.6. The molecule has 0 atom stereocenters. The molecule has 2 rings (SSSR count). The summed E-state index contributed by atoms with van der Waals surface area (Å²) < 4.78 is 0.769. The molecule has 0 unspecified atom stereocenters. The Balaban J connectivity index is 2.26. The number of aromatic nitrogens is 1. The van der Waals surface area contributed by atoms with Crippen LogP contribution in [0, 0.1) is 10.1 Å². The van der Waals surface area contributed by atoms with E-state index in [1.165, 1.54) is 18.3 Å². The first-order valence-electron chi connectivity index (χ1n) is 5.44. The number of anilines is 2. The summed E-state index contributed by atoms with van der Waals surface area (Å²) >= 11 is 3.22. The molecule has 1 amide bonds. The number of nitro groups is 1. The fraction of sp³-hybridized carbons (Fsp3) is 0. The third-order valence-corrected chi connectivity index (χ3v) is 2.93. The van der Waals surface area contributed by atoms with Gasteiger partial charge in [0.1, 0.15) is 5.82 Å². The van der Waals surface area contributed by atoms with Crippen LogP contribution in [-0.4, -0.2) is 15.8 Å². The van der Waals surface area contributed by atoms with E-state index in [9.17, 15) is 14.9 Å². The van der Waals surface area contributed by atoms with Crippen molar-refractivity contribution in [3.05, 3.63) is 56.7 Å². The third kappa shape index (κ3) is 3.09. The van der Waals surface area contributed by atoms with Crippen molar-refractivity contribution in [3.8, 4) is 0 Å². The summed E-state index contributed by atoms with van der Waals surface area (Å²) in [7, 11) is 0. The van der Waals surface area contributed by atoms with E-state index in [0.29, 0.717) is 5.82 Å². The predicted octanol–water partition coefficient (Wildman–Crippen LogP) is 2.59. The Bertz CT molecular complexity index is 673. The summed E-state index contributed by atoms with van der Waals surface area (Å²) in [4.78, 5) is 26.1. The second-order valence-electron chi connectivity index (χ2n) is 3.84. The van der Waals surface area contributed by atoms with E-state index in [-0.39, 0.29) is 16.9 Å². The van der Waals surface area contributed by atoms with Crippen LogP contribution >= 0.6 is 15.9 Å². The van der Waals surface area contributed by atoms with Gasteiger partial charge in [0.25, 0.3) is 11.6 Å². The monoisotopic (exact) mass is 336 g/mol. The summed E-state index contributed by atoms with van der Waals surface area (Å²) in [5.74, 6) is -0.231. The van der Waals surface area contributed by atoms with Crippen LogP contribution < -0.4 is 11.1 Å². The normalized spacial score (nSPS) is 10.1. The van der Waals surface area contributed by atoms with Gasteiger partial charge in [0.15, 0.2) is 0 Å². The SMILES string of the molecule is Nc1ccc([N+](=O)[O-])cc1C(=O)Nc1ccc(Br)cn1. The van der Waals surface area contributed by atoms with Crippen LogP contribution in [0.25, 0.3) is 0 Å². The van der Waals surface area contributed by atoms with Crippen molar-refractivity contribution in [1.29, 1.82) is 0 Å². The number of nitrogen functional groups attached to an aromatic ring is 1. The maximum atomic E-state index is 12.0. The number of non-ortho nitro benzene ring substituents is 1. The van der Waals surface area contributed by atoms with E-state index >= 15 is 0 Å². The number of nitro benzene ring substituents is 1. The van der Waals surface area contributed by atoms with Crippen molar-refractivity contribution in [3.63, 3.8) is 0 Å². The van der Waals surface area contributed by atoms with E-state index in [1.807, 2.05) is 0 Å². The van der Waals surface area contributed by atoms with Gasteiger partial charge in [-0.15, -0.1) is 0 Å². The molecule has 0 spiro atoms. The molecule has 0 radical (unpaired) electrons. The van der Waals surface area contributed by atoms with Gasteiger partial charge >= 0.3 is 0 Å². The summed E-state index contributed by atoms with van der Waals surface area (Å²) in [5, 5.41) is 13.2. The molecule has 2 aromatic rings. The molecule has 8 heteroatoms. The maximum absolute atomic E-state index is 12.0. The molecule has 0 aliphatic rings. The molecular weight excluding hydrogens is 328 g/mol. The largest absolute Gasteiger partial charge is 0.398 e. The Morgan fingerprint density at radius 3 is 2.70 bits per heavy atom. The lowest BCUT2D eigenvalue weighted by Gasteiger charge is -2.06. The van der Waals surface area contributed by atoms with Crippen molar-refractivity contribution in [2.75, 3.05) is 11.1 Å². The number of amides is 1. The minimum atomic E-state index is -0.589. The molecule has 0 saturated heterocycles. The number of hydrogen-bond donors (Lipinski definition) is 2.